The van der Waals surface area contributed by atoms with Crippen LogP contribution in [0.1, 0.15) is 31.1 Å². The molecule has 3 N–H and O–H groups in total. The maximum atomic E-state index is 12.9. The molecule has 1 aromatic heterocycles. The summed E-state index contributed by atoms with van der Waals surface area (Å²) in [6.07, 6.45) is -3.93. The number of fused-ring (bicyclic) bond motifs is 1. The molecule has 1 saturated carbocycles. The van der Waals surface area contributed by atoms with E-state index in [-0.39, 0.29) is 19.3 Å². The van der Waals surface area contributed by atoms with Gasteiger partial charge in [0.15, 0.2) is 0 Å². The number of aromatic nitrogens is 2. The molecule has 3 rings (SSSR count). The first-order valence-electron chi connectivity index (χ1n) is 6.18. The van der Waals surface area contributed by atoms with Gasteiger partial charge >= 0.3 is 6.18 Å². The van der Waals surface area contributed by atoms with E-state index >= 15 is 0 Å². The van der Waals surface area contributed by atoms with Crippen LogP contribution in [0.15, 0.2) is 24.3 Å². The maximum absolute atomic E-state index is 12.9. The van der Waals surface area contributed by atoms with Crippen molar-refractivity contribution in [3.8, 4) is 0 Å². The van der Waals surface area contributed by atoms with Gasteiger partial charge < -0.3 is 10.7 Å². The molecule has 1 atom stereocenters. The molecule has 0 unspecified atom stereocenters. The van der Waals surface area contributed by atoms with Crippen molar-refractivity contribution in [3.05, 3.63) is 30.1 Å². The van der Waals surface area contributed by atoms with Crippen molar-refractivity contribution in [1.29, 1.82) is 0 Å². The predicted octanol–water partition coefficient (Wildman–Crippen LogP) is 3.30. The third kappa shape index (κ3) is 2.10. The van der Waals surface area contributed by atoms with Crippen LogP contribution in [0.2, 0.25) is 0 Å². The second-order valence-corrected chi connectivity index (χ2v) is 5.23. The lowest BCUT2D eigenvalue weighted by atomic mass is 9.96. The number of imidazole rings is 1. The average Bonchev–Trinajstić information content (AvgIpc) is 3.00. The lowest BCUT2D eigenvalue weighted by molar-refractivity contribution is -0.190. The summed E-state index contributed by atoms with van der Waals surface area (Å²) in [5.41, 5.74) is 5.82. The Bertz CT molecular complexity index is 565. The highest BCUT2D eigenvalue weighted by atomic mass is 19.4. The zero-order valence-electron chi connectivity index (χ0n) is 10.2. The molecule has 0 bridgehead atoms. The first-order valence-corrected chi connectivity index (χ1v) is 6.18. The summed E-state index contributed by atoms with van der Waals surface area (Å²) in [7, 11) is 0. The summed E-state index contributed by atoms with van der Waals surface area (Å²) in [4.78, 5) is 7.25. The molecule has 1 heterocycles. The number of nitrogens with two attached hydrogens (primary N) is 1. The molecule has 3 nitrogen and oxygen atoms in total. The van der Waals surface area contributed by atoms with Gasteiger partial charge in [-0.15, -0.1) is 0 Å². The lowest BCUT2D eigenvalue weighted by Gasteiger charge is -2.21. The summed E-state index contributed by atoms with van der Waals surface area (Å²) >= 11 is 0. The predicted molar refractivity (Wildman–Crippen MR) is 65.4 cm³/mol. The van der Waals surface area contributed by atoms with Gasteiger partial charge in [-0.05, 0) is 31.4 Å². The Morgan fingerprint density at radius 2 is 2.00 bits per heavy atom. The fourth-order valence-electron chi connectivity index (χ4n) is 2.42. The minimum absolute atomic E-state index is 0.101. The number of alkyl halides is 3. The van der Waals surface area contributed by atoms with Gasteiger partial charge in [0.2, 0.25) is 0 Å². The molecule has 102 valence electrons. The van der Waals surface area contributed by atoms with E-state index in [0.717, 1.165) is 11.0 Å². The molecule has 1 fully saturated rings. The van der Waals surface area contributed by atoms with Crippen LogP contribution in [-0.2, 0) is 0 Å². The van der Waals surface area contributed by atoms with Crippen molar-refractivity contribution in [3.63, 3.8) is 0 Å². The van der Waals surface area contributed by atoms with Crippen molar-refractivity contribution in [2.45, 2.75) is 31.5 Å². The number of benzene rings is 1. The van der Waals surface area contributed by atoms with Crippen molar-refractivity contribution in [1.82, 2.24) is 9.97 Å². The Balaban J connectivity index is 1.83. The van der Waals surface area contributed by atoms with E-state index in [1.807, 2.05) is 18.2 Å². The van der Waals surface area contributed by atoms with Gasteiger partial charge in [-0.2, -0.15) is 13.2 Å². The number of H-pyrrole nitrogens is 1. The van der Waals surface area contributed by atoms with Crippen LogP contribution in [0, 0.1) is 5.41 Å². The number of para-hydroxylation sites is 2. The SMILES string of the molecule is N[C@@H](CC1(C(F)(F)F)CC1)c1nc2ccccc2[nH]1. The molecule has 6 heteroatoms. The number of aromatic amines is 1. The van der Waals surface area contributed by atoms with Crippen LogP contribution in [0.25, 0.3) is 11.0 Å². The van der Waals surface area contributed by atoms with Gasteiger partial charge in [-0.1, -0.05) is 12.1 Å². The fourth-order valence-corrected chi connectivity index (χ4v) is 2.42. The first-order chi connectivity index (χ1) is 8.91. The van der Waals surface area contributed by atoms with Crippen molar-refractivity contribution in [2.75, 3.05) is 0 Å². The second kappa shape index (κ2) is 3.96. The molecular formula is C13H14F3N3. The van der Waals surface area contributed by atoms with Gasteiger partial charge in [0, 0.05) is 0 Å². The number of halogens is 3. The topological polar surface area (TPSA) is 54.7 Å². The minimum atomic E-state index is -4.17. The molecule has 0 amide bonds. The monoisotopic (exact) mass is 269 g/mol. The van der Waals surface area contributed by atoms with Gasteiger partial charge in [0.05, 0.1) is 22.5 Å². The highest BCUT2D eigenvalue weighted by Crippen LogP contribution is 2.61. The molecule has 0 aliphatic heterocycles. The first kappa shape index (κ1) is 12.5. The van der Waals surface area contributed by atoms with Gasteiger partial charge in [0.25, 0.3) is 0 Å². The highest BCUT2D eigenvalue weighted by molar-refractivity contribution is 5.74. The molecule has 1 aliphatic carbocycles. The highest BCUT2D eigenvalue weighted by Gasteiger charge is 2.63. The number of rotatable bonds is 3. The van der Waals surface area contributed by atoms with E-state index in [9.17, 15) is 13.2 Å². The molecular weight excluding hydrogens is 255 g/mol. The Hall–Kier alpha value is -1.56. The molecule has 0 radical (unpaired) electrons. The summed E-state index contributed by atoms with van der Waals surface area (Å²) in [6.45, 7) is 0. The van der Waals surface area contributed by atoms with Crippen LogP contribution in [0.5, 0.6) is 0 Å². The van der Waals surface area contributed by atoms with E-state index in [0.29, 0.717) is 5.82 Å². The second-order valence-electron chi connectivity index (χ2n) is 5.23. The fraction of sp³-hybridized carbons (Fsp3) is 0.462. The Kier molecular flexibility index (Phi) is 2.60. The standard InChI is InChI=1S/C13H14F3N3/c14-13(15,16)12(5-6-12)7-8(17)11-18-9-3-1-2-4-10(9)19-11/h1-4,8H,5-7,17H2,(H,18,19)/t8-/m0/s1. The van der Waals surface area contributed by atoms with Crippen molar-refractivity contribution < 1.29 is 13.2 Å². The number of hydrogen-bond donors (Lipinski definition) is 2. The zero-order chi connectivity index (χ0) is 13.7. The summed E-state index contributed by atoms with van der Waals surface area (Å²) in [5.74, 6) is 0.428. The largest absolute Gasteiger partial charge is 0.394 e. The third-order valence-corrected chi connectivity index (χ3v) is 3.82. The summed E-state index contributed by atoms with van der Waals surface area (Å²) in [6, 6.07) is 6.59. The minimum Gasteiger partial charge on any atom is -0.341 e. The van der Waals surface area contributed by atoms with E-state index in [1.54, 1.807) is 6.07 Å². The Morgan fingerprint density at radius 3 is 2.58 bits per heavy atom. The summed E-state index contributed by atoms with van der Waals surface area (Å²) < 4.78 is 38.7. The van der Waals surface area contributed by atoms with Crippen LogP contribution in [0.4, 0.5) is 13.2 Å². The average molecular weight is 269 g/mol. The van der Waals surface area contributed by atoms with Gasteiger partial charge in [-0.25, -0.2) is 4.98 Å². The Morgan fingerprint density at radius 1 is 1.32 bits per heavy atom. The molecule has 1 aromatic carbocycles. The number of nitrogens with zero attached hydrogens (tertiary/aromatic N) is 1. The molecule has 19 heavy (non-hydrogen) atoms. The van der Waals surface area contributed by atoms with E-state index in [1.165, 1.54) is 0 Å². The number of nitrogens with one attached hydrogen (secondary N) is 1. The van der Waals surface area contributed by atoms with Crippen LogP contribution in [0.3, 0.4) is 0 Å². The molecule has 2 aromatic rings. The number of hydrogen-bond acceptors (Lipinski definition) is 2. The normalized spacial score (nSPS) is 19.6. The van der Waals surface area contributed by atoms with E-state index in [2.05, 4.69) is 9.97 Å². The van der Waals surface area contributed by atoms with Crippen LogP contribution in [-0.4, -0.2) is 16.1 Å². The van der Waals surface area contributed by atoms with E-state index in [4.69, 9.17) is 5.73 Å². The smallest absolute Gasteiger partial charge is 0.341 e. The molecule has 1 aliphatic rings. The zero-order valence-corrected chi connectivity index (χ0v) is 10.2. The maximum Gasteiger partial charge on any atom is 0.394 e. The van der Waals surface area contributed by atoms with Crippen LogP contribution >= 0.6 is 0 Å². The Labute approximate surface area is 108 Å². The lowest BCUT2D eigenvalue weighted by Crippen LogP contribution is -2.29. The molecule has 0 saturated heterocycles. The van der Waals surface area contributed by atoms with E-state index < -0.39 is 17.6 Å². The van der Waals surface area contributed by atoms with Gasteiger partial charge in [0.1, 0.15) is 5.82 Å². The van der Waals surface area contributed by atoms with Crippen molar-refractivity contribution in [2.24, 2.45) is 11.1 Å². The van der Waals surface area contributed by atoms with Crippen molar-refractivity contribution >= 4 is 11.0 Å². The third-order valence-electron chi connectivity index (χ3n) is 3.82. The summed E-state index contributed by atoms with van der Waals surface area (Å²) in [5, 5.41) is 0. The quantitative estimate of drug-likeness (QED) is 0.898. The molecule has 0 spiro atoms. The van der Waals surface area contributed by atoms with Gasteiger partial charge in [-0.3, -0.25) is 0 Å². The van der Waals surface area contributed by atoms with Crippen LogP contribution < -0.4 is 5.73 Å².